The zero-order chi connectivity index (χ0) is 12.7. The van der Waals surface area contributed by atoms with Crippen LogP contribution in [-0.2, 0) is 16.6 Å². The van der Waals surface area contributed by atoms with Crippen molar-refractivity contribution in [2.75, 3.05) is 12.3 Å². The number of nitrogens with one attached hydrogen (secondary N) is 1. The molecule has 0 aromatic heterocycles. The summed E-state index contributed by atoms with van der Waals surface area (Å²) in [5, 5.41) is 0.567. The van der Waals surface area contributed by atoms with E-state index >= 15 is 0 Å². The van der Waals surface area contributed by atoms with Crippen molar-refractivity contribution in [1.29, 1.82) is 0 Å². The van der Waals surface area contributed by atoms with Crippen LogP contribution in [0.25, 0.3) is 0 Å². The van der Waals surface area contributed by atoms with Crippen molar-refractivity contribution < 1.29 is 8.42 Å². The monoisotopic (exact) mass is 276 g/mol. The molecular weight excluding hydrogens is 260 g/mol. The van der Waals surface area contributed by atoms with Crippen LogP contribution >= 0.6 is 11.6 Å². The van der Waals surface area contributed by atoms with E-state index in [9.17, 15) is 8.42 Å². The van der Waals surface area contributed by atoms with Gasteiger partial charge >= 0.3 is 0 Å². The lowest BCUT2D eigenvalue weighted by atomic mass is 10.2. The first kappa shape index (κ1) is 14.4. The average Bonchev–Trinajstić information content (AvgIpc) is 2.28. The molecule has 0 unspecified atom stereocenters. The van der Waals surface area contributed by atoms with Gasteiger partial charge in [0.15, 0.2) is 0 Å². The molecule has 6 heteroatoms. The van der Waals surface area contributed by atoms with Crippen molar-refractivity contribution in [3.8, 4) is 0 Å². The minimum absolute atomic E-state index is 0.106. The van der Waals surface area contributed by atoms with Crippen LogP contribution in [0.4, 0.5) is 0 Å². The smallest absolute Gasteiger partial charge is 0.211 e. The summed E-state index contributed by atoms with van der Waals surface area (Å²) in [5.74, 6) is 0.106. The van der Waals surface area contributed by atoms with Crippen LogP contribution < -0.4 is 10.5 Å². The number of halogens is 1. The Bertz CT molecular complexity index is 449. The maximum atomic E-state index is 11.6. The van der Waals surface area contributed by atoms with Gasteiger partial charge in [-0.2, -0.15) is 0 Å². The quantitative estimate of drug-likeness (QED) is 0.742. The Morgan fingerprint density at radius 1 is 1.24 bits per heavy atom. The number of hydrogen-bond donors (Lipinski definition) is 2. The third-order valence-electron chi connectivity index (χ3n) is 2.31. The minimum Gasteiger partial charge on any atom is -0.330 e. The highest BCUT2D eigenvalue weighted by molar-refractivity contribution is 7.89. The van der Waals surface area contributed by atoms with E-state index in [0.29, 0.717) is 24.4 Å². The molecule has 0 aliphatic rings. The van der Waals surface area contributed by atoms with E-state index in [-0.39, 0.29) is 12.3 Å². The molecule has 17 heavy (non-hydrogen) atoms. The Kier molecular flexibility index (Phi) is 5.91. The summed E-state index contributed by atoms with van der Waals surface area (Å²) in [6.45, 7) is 0.741. The molecule has 0 heterocycles. The molecule has 1 aromatic rings. The second-order valence-electron chi connectivity index (χ2n) is 3.73. The van der Waals surface area contributed by atoms with E-state index in [2.05, 4.69) is 4.72 Å². The van der Waals surface area contributed by atoms with Crippen LogP contribution in [0.3, 0.4) is 0 Å². The molecule has 0 spiro atoms. The zero-order valence-electron chi connectivity index (χ0n) is 9.52. The summed E-state index contributed by atoms with van der Waals surface area (Å²) in [4.78, 5) is 0. The van der Waals surface area contributed by atoms with Gasteiger partial charge in [-0.05, 0) is 31.0 Å². The maximum Gasteiger partial charge on any atom is 0.211 e. The van der Waals surface area contributed by atoms with E-state index < -0.39 is 10.0 Å². The zero-order valence-corrected chi connectivity index (χ0v) is 11.1. The van der Waals surface area contributed by atoms with Crippen LogP contribution in [-0.4, -0.2) is 20.7 Å². The van der Waals surface area contributed by atoms with Gasteiger partial charge in [-0.15, -0.1) is 0 Å². The van der Waals surface area contributed by atoms with Gasteiger partial charge in [0.1, 0.15) is 0 Å². The first-order valence-electron chi connectivity index (χ1n) is 5.46. The van der Waals surface area contributed by atoms with Gasteiger partial charge in [0.05, 0.1) is 5.75 Å². The first-order chi connectivity index (χ1) is 8.05. The van der Waals surface area contributed by atoms with E-state index in [1.165, 1.54) is 0 Å². The van der Waals surface area contributed by atoms with E-state index in [4.69, 9.17) is 17.3 Å². The molecule has 4 nitrogen and oxygen atoms in total. The number of nitrogens with two attached hydrogens (primary N) is 1. The van der Waals surface area contributed by atoms with Crippen molar-refractivity contribution in [2.45, 2.75) is 19.4 Å². The molecule has 96 valence electrons. The molecule has 0 atom stereocenters. The Morgan fingerprint density at radius 3 is 2.59 bits per heavy atom. The summed E-state index contributed by atoms with van der Waals surface area (Å²) >= 11 is 5.93. The van der Waals surface area contributed by atoms with Gasteiger partial charge in [0.2, 0.25) is 10.0 Å². The molecule has 0 saturated carbocycles. The highest BCUT2D eigenvalue weighted by Crippen LogP contribution is 2.14. The van der Waals surface area contributed by atoms with E-state index in [0.717, 1.165) is 5.56 Å². The lowest BCUT2D eigenvalue weighted by Crippen LogP contribution is -2.26. The molecule has 3 N–H and O–H groups in total. The number of unbranched alkanes of at least 4 members (excludes halogenated alkanes) is 1. The molecule has 1 rings (SSSR count). The lowest BCUT2D eigenvalue weighted by Gasteiger charge is -2.07. The van der Waals surface area contributed by atoms with Crippen LogP contribution in [0.1, 0.15) is 18.4 Å². The van der Waals surface area contributed by atoms with Gasteiger partial charge in [-0.25, -0.2) is 13.1 Å². The summed E-state index contributed by atoms with van der Waals surface area (Å²) < 4.78 is 25.7. The molecule has 1 aromatic carbocycles. The van der Waals surface area contributed by atoms with Crippen molar-refractivity contribution in [3.05, 3.63) is 34.9 Å². The molecule has 0 radical (unpaired) electrons. The molecule has 0 aliphatic heterocycles. The average molecular weight is 277 g/mol. The highest BCUT2D eigenvalue weighted by Gasteiger charge is 2.10. The third-order valence-corrected chi connectivity index (χ3v) is 4.09. The fourth-order valence-electron chi connectivity index (χ4n) is 1.34. The number of benzene rings is 1. The summed E-state index contributed by atoms with van der Waals surface area (Å²) in [6, 6.07) is 7.16. The Labute approximate surface area is 107 Å². The van der Waals surface area contributed by atoms with Crippen LogP contribution in [0.15, 0.2) is 24.3 Å². The molecule has 0 saturated heterocycles. The molecular formula is C11H17ClN2O2S. The Hall–Kier alpha value is -0.620. The summed E-state index contributed by atoms with van der Waals surface area (Å²) in [5.41, 5.74) is 6.08. The van der Waals surface area contributed by atoms with Crippen molar-refractivity contribution in [1.82, 2.24) is 4.72 Å². The Morgan fingerprint density at radius 2 is 1.94 bits per heavy atom. The summed E-state index contributed by atoms with van der Waals surface area (Å²) in [6.07, 6.45) is 1.29. The lowest BCUT2D eigenvalue weighted by molar-refractivity contribution is 0.577. The SMILES string of the molecule is NCCCCS(=O)(=O)NCc1ccccc1Cl. The van der Waals surface area contributed by atoms with Crippen LogP contribution in [0.5, 0.6) is 0 Å². The van der Waals surface area contributed by atoms with E-state index in [1.807, 2.05) is 12.1 Å². The van der Waals surface area contributed by atoms with Crippen molar-refractivity contribution in [3.63, 3.8) is 0 Å². The fraction of sp³-hybridized carbons (Fsp3) is 0.455. The normalized spacial score (nSPS) is 11.6. The van der Waals surface area contributed by atoms with Crippen LogP contribution in [0, 0.1) is 0 Å². The van der Waals surface area contributed by atoms with Crippen molar-refractivity contribution in [2.24, 2.45) is 5.73 Å². The predicted molar refractivity (Wildman–Crippen MR) is 70.4 cm³/mol. The second kappa shape index (κ2) is 6.96. The minimum atomic E-state index is -3.23. The van der Waals surface area contributed by atoms with Crippen molar-refractivity contribution >= 4 is 21.6 Å². The van der Waals surface area contributed by atoms with Gasteiger partial charge in [0, 0.05) is 11.6 Å². The van der Waals surface area contributed by atoms with Gasteiger partial charge < -0.3 is 5.73 Å². The van der Waals surface area contributed by atoms with Crippen LogP contribution in [0.2, 0.25) is 5.02 Å². The standard InChI is InChI=1S/C11H17ClN2O2S/c12-11-6-2-1-5-10(11)9-14-17(15,16)8-4-3-7-13/h1-2,5-6,14H,3-4,7-9,13H2. The Balaban J connectivity index is 2.47. The summed E-state index contributed by atoms with van der Waals surface area (Å²) in [7, 11) is -3.23. The highest BCUT2D eigenvalue weighted by atomic mass is 35.5. The largest absolute Gasteiger partial charge is 0.330 e. The number of hydrogen-bond acceptors (Lipinski definition) is 3. The van der Waals surface area contributed by atoms with E-state index in [1.54, 1.807) is 12.1 Å². The predicted octanol–water partition coefficient (Wildman–Crippen LogP) is 1.50. The van der Waals surface area contributed by atoms with Gasteiger partial charge in [-0.3, -0.25) is 0 Å². The second-order valence-corrected chi connectivity index (χ2v) is 6.06. The molecule has 0 amide bonds. The van der Waals surface area contributed by atoms with Gasteiger partial charge in [-0.1, -0.05) is 29.8 Å². The topological polar surface area (TPSA) is 72.2 Å². The van der Waals surface area contributed by atoms with Gasteiger partial charge in [0.25, 0.3) is 0 Å². The first-order valence-corrected chi connectivity index (χ1v) is 7.49. The molecule has 0 fully saturated rings. The number of sulfonamides is 1. The third kappa shape index (κ3) is 5.50. The molecule has 0 aliphatic carbocycles. The fourth-order valence-corrected chi connectivity index (χ4v) is 2.64. The molecule has 0 bridgehead atoms. The number of rotatable bonds is 7. The maximum absolute atomic E-state index is 11.6.